The summed E-state index contributed by atoms with van der Waals surface area (Å²) in [6.45, 7) is 5.59. The van der Waals surface area contributed by atoms with E-state index in [0.29, 0.717) is 18.8 Å². The number of carbonyl (C=O) groups is 1. The number of hydrogen-bond donors (Lipinski definition) is 1. The maximum absolute atomic E-state index is 11.8. The highest BCUT2D eigenvalue weighted by atomic mass is 32.2. The number of hydrogen-bond acceptors (Lipinski definition) is 4. The first kappa shape index (κ1) is 13.8. The number of thioether (sulfide) groups is 1. The van der Waals surface area contributed by atoms with Gasteiger partial charge in [0.2, 0.25) is 5.91 Å². The highest BCUT2D eigenvalue weighted by Gasteiger charge is 2.25. The van der Waals surface area contributed by atoms with E-state index in [4.69, 9.17) is 9.84 Å². The molecular weight excluding hydrogens is 226 g/mol. The molecule has 0 aromatic rings. The van der Waals surface area contributed by atoms with Gasteiger partial charge in [0.25, 0.3) is 0 Å². The fourth-order valence-corrected chi connectivity index (χ4v) is 2.63. The molecule has 16 heavy (non-hydrogen) atoms. The third kappa shape index (κ3) is 4.72. The number of carbonyl (C=O) groups excluding carboxylic acids is 1. The smallest absolute Gasteiger partial charge is 0.232 e. The van der Waals surface area contributed by atoms with Crippen LogP contribution in [0, 0.1) is 0 Å². The van der Waals surface area contributed by atoms with Gasteiger partial charge in [0.15, 0.2) is 0 Å². The van der Waals surface area contributed by atoms with Crippen LogP contribution in [0.2, 0.25) is 0 Å². The van der Waals surface area contributed by atoms with Crippen LogP contribution in [-0.2, 0) is 9.53 Å². The summed E-state index contributed by atoms with van der Waals surface area (Å²) < 4.78 is 5.58. The molecule has 0 spiro atoms. The normalized spacial score (nSPS) is 25.8. The van der Waals surface area contributed by atoms with Crippen molar-refractivity contribution in [3.63, 3.8) is 0 Å². The SMILES string of the molecule is CC1CN(C(=O)CSCCCO)CC(C)O1. The number of ether oxygens (including phenoxy) is 1. The summed E-state index contributed by atoms with van der Waals surface area (Å²) in [6.07, 6.45) is 1.03. The summed E-state index contributed by atoms with van der Waals surface area (Å²) in [5.74, 6) is 1.54. The van der Waals surface area contributed by atoms with Gasteiger partial charge in [0.05, 0.1) is 18.0 Å². The zero-order valence-corrected chi connectivity index (χ0v) is 10.8. The topological polar surface area (TPSA) is 49.8 Å². The Kier molecular flexibility index (Phi) is 6.16. The molecule has 1 saturated heterocycles. The molecule has 2 atom stereocenters. The first-order valence-corrected chi connectivity index (χ1v) is 6.90. The monoisotopic (exact) mass is 247 g/mol. The summed E-state index contributed by atoms with van der Waals surface area (Å²) in [6, 6.07) is 0. The highest BCUT2D eigenvalue weighted by molar-refractivity contribution is 7.99. The number of morpholine rings is 1. The summed E-state index contributed by atoms with van der Waals surface area (Å²) in [7, 11) is 0. The van der Waals surface area contributed by atoms with Crippen LogP contribution in [0.5, 0.6) is 0 Å². The Morgan fingerprint density at radius 2 is 2.06 bits per heavy atom. The van der Waals surface area contributed by atoms with Crippen LogP contribution in [0.1, 0.15) is 20.3 Å². The third-order valence-electron chi connectivity index (χ3n) is 2.44. The highest BCUT2D eigenvalue weighted by Crippen LogP contribution is 2.12. The minimum absolute atomic E-state index is 0.134. The van der Waals surface area contributed by atoms with E-state index < -0.39 is 0 Å². The summed E-state index contributed by atoms with van der Waals surface area (Å²) in [4.78, 5) is 13.7. The zero-order chi connectivity index (χ0) is 12.0. The van der Waals surface area contributed by atoms with Crippen molar-refractivity contribution >= 4 is 17.7 Å². The third-order valence-corrected chi connectivity index (χ3v) is 3.47. The maximum atomic E-state index is 11.8. The van der Waals surface area contributed by atoms with Crippen LogP contribution in [0.15, 0.2) is 0 Å². The predicted octanol–water partition coefficient (Wildman–Crippen LogP) is 0.738. The van der Waals surface area contributed by atoms with Gasteiger partial charge in [-0.1, -0.05) is 0 Å². The minimum atomic E-state index is 0.134. The number of rotatable bonds is 5. The lowest BCUT2D eigenvalue weighted by molar-refractivity contribution is -0.140. The fourth-order valence-electron chi connectivity index (χ4n) is 1.80. The minimum Gasteiger partial charge on any atom is -0.396 e. The number of nitrogens with zero attached hydrogens (tertiary/aromatic N) is 1. The average Bonchev–Trinajstić information content (AvgIpc) is 2.22. The Labute approximate surface area is 101 Å². The molecule has 0 aliphatic carbocycles. The van der Waals surface area contributed by atoms with Crippen LogP contribution in [0.25, 0.3) is 0 Å². The Morgan fingerprint density at radius 3 is 2.62 bits per heavy atom. The van der Waals surface area contributed by atoms with E-state index in [2.05, 4.69) is 0 Å². The van der Waals surface area contributed by atoms with Gasteiger partial charge in [0.1, 0.15) is 0 Å². The second-order valence-corrected chi connectivity index (χ2v) is 5.29. The summed E-state index contributed by atoms with van der Waals surface area (Å²) >= 11 is 1.59. The van der Waals surface area contributed by atoms with Crippen molar-refractivity contribution in [2.24, 2.45) is 0 Å². The van der Waals surface area contributed by atoms with Crippen LogP contribution in [0.4, 0.5) is 0 Å². The number of aliphatic hydroxyl groups is 1. The summed E-state index contributed by atoms with van der Waals surface area (Å²) in [5.41, 5.74) is 0. The lowest BCUT2D eigenvalue weighted by Crippen LogP contribution is -2.48. The molecular formula is C11H21NO3S. The molecule has 1 aliphatic rings. The fraction of sp³-hybridized carbons (Fsp3) is 0.909. The standard InChI is InChI=1S/C11H21NO3S/c1-9-6-12(7-10(2)15-9)11(14)8-16-5-3-4-13/h9-10,13H,3-8H2,1-2H3. The van der Waals surface area contributed by atoms with Crippen molar-refractivity contribution in [3.05, 3.63) is 0 Å². The van der Waals surface area contributed by atoms with E-state index in [1.165, 1.54) is 0 Å². The van der Waals surface area contributed by atoms with E-state index in [9.17, 15) is 4.79 Å². The molecule has 94 valence electrons. The van der Waals surface area contributed by atoms with Crippen molar-refractivity contribution in [3.8, 4) is 0 Å². The Morgan fingerprint density at radius 1 is 1.44 bits per heavy atom. The van der Waals surface area contributed by atoms with Crippen molar-refractivity contribution in [2.75, 3.05) is 31.2 Å². The van der Waals surface area contributed by atoms with Gasteiger partial charge >= 0.3 is 0 Å². The van der Waals surface area contributed by atoms with Gasteiger partial charge in [-0.15, -0.1) is 0 Å². The van der Waals surface area contributed by atoms with Gasteiger partial charge in [-0.05, 0) is 26.0 Å². The molecule has 0 aromatic heterocycles. The quantitative estimate of drug-likeness (QED) is 0.728. The van der Waals surface area contributed by atoms with Crippen LogP contribution in [0.3, 0.4) is 0 Å². The molecule has 1 heterocycles. The first-order valence-electron chi connectivity index (χ1n) is 5.75. The van der Waals surface area contributed by atoms with Crippen molar-refractivity contribution in [1.82, 2.24) is 4.90 Å². The molecule has 1 rings (SSSR count). The van der Waals surface area contributed by atoms with Gasteiger partial charge in [-0.2, -0.15) is 11.8 Å². The molecule has 4 nitrogen and oxygen atoms in total. The van der Waals surface area contributed by atoms with Gasteiger partial charge in [0, 0.05) is 19.7 Å². The second-order valence-electron chi connectivity index (χ2n) is 4.19. The molecule has 1 N–H and O–H groups in total. The average molecular weight is 247 g/mol. The van der Waals surface area contributed by atoms with E-state index in [0.717, 1.165) is 12.2 Å². The lowest BCUT2D eigenvalue weighted by Gasteiger charge is -2.35. The van der Waals surface area contributed by atoms with E-state index in [-0.39, 0.29) is 24.7 Å². The molecule has 0 saturated carbocycles. The van der Waals surface area contributed by atoms with Crippen molar-refractivity contribution < 1.29 is 14.6 Å². The first-order chi connectivity index (χ1) is 7.63. The van der Waals surface area contributed by atoms with Crippen LogP contribution < -0.4 is 0 Å². The van der Waals surface area contributed by atoms with E-state index in [1.54, 1.807) is 11.8 Å². The largest absolute Gasteiger partial charge is 0.396 e. The molecule has 2 unspecified atom stereocenters. The maximum Gasteiger partial charge on any atom is 0.232 e. The van der Waals surface area contributed by atoms with Gasteiger partial charge in [-0.25, -0.2) is 0 Å². The number of aliphatic hydroxyl groups excluding tert-OH is 1. The molecule has 1 aliphatic heterocycles. The second kappa shape index (κ2) is 7.14. The van der Waals surface area contributed by atoms with E-state index >= 15 is 0 Å². The molecule has 5 heteroatoms. The Bertz CT molecular complexity index is 215. The Hall–Kier alpha value is -0.260. The van der Waals surface area contributed by atoms with Gasteiger partial charge in [-0.3, -0.25) is 4.79 Å². The summed E-state index contributed by atoms with van der Waals surface area (Å²) in [5, 5.41) is 8.62. The molecule has 0 bridgehead atoms. The van der Waals surface area contributed by atoms with Gasteiger partial charge < -0.3 is 14.7 Å². The van der Waals surface area contributed by atoms with E-state index in [1.807, 2.05) is 18.7 Å². The molecule has 1 fully saturated rings. The lowest BCUT2D eigenvalue weighted by atomic mass is 10.2. The predicted molar refractivity (Wildman–Crippen MR) is 65.6 cm³/mol. The van der Waals surface area contributed by atoms with Crippen molar-refractivity contribution in [2.45, 2.75) is 32.5 Å². The van der Waals surface area contributed by atoms with Crippen LogP contribution >= 0.6 is 11.8 Å². The molecule has 0 aromatic carbocycles. The van der Waals surface area contributed by atoms with Crippen LogP contribution in [-0.4, -0.2) is 59.3 Å². The van der Waals surface area contributed by atoms with Crippen molar-refractivity contribution in [1.29, 1.82) is 0 Å². The Balaban J connectivity index is 2.24. The molecule has 1 amide bonds. The zero-order valence-electron chi connectivity index (χ0n) is 10.0. The number of amides is 1. The molecule has 0 radical (unpaired) electrons.